The lowest BCUT2D eigenvalue weighted by molar-refractivity contribution is 1.48. The van der Waals surface area contributed by atoms with E-state index in [9.17, 15) is 0 Å². The van der Waals surface area contributed by atoms with Crippen LogP contribution in [0.2, 0.25) is 0 Å². The summed E-state index contributed by atoms with van der Waals surface area (Å²) < 4.78 is 0. The van der Waals surface area contributed by atoms with Crippen LogP contribution < -0.4 is 20.7 Å². The fraction of sp³-hybridized carbons (Fsp3) is 0.0769. The van der Waals surface area contributed by atoms with E-state index in [-0.39, 0.29) is 0 Å². The van der Waals surface area contributed by atoms with Crippen molar-refractivity contribution in [3.05, 3.63) is 120 Å². The second kappa shape index (κ2) is 7.38. The molecule has 1 heteroatoms. The molecule has 0 N–H and O–H groups in total. The summed E-state index contributed by atoms with van der Waals surface area (Å²) in [7, 11) is -2.35. The van der Waals surface area contributed by atoms with Crippen molar-refractivity contribution in [1.29, 1.82) is 0 Å². The summed E-state index contributed by atoms with van der Waals surface area (Å²) in [5.74, 6) is 0. The van der Waals surface area contributed by atoms with Crippen molar-refractivity contribution in [2.45, 2.75) is 13.8 Å². The molecule has 0 spiro atoms. The highest BCUT2D eigenvalue weighted by Gasteiger charge is 2.41. The van der Waals surface area contributed by atoms with E-state index in [0.717, 1.165) is 0 Å². The van der Waals surface area contributed by atoms with Crippen molar-refractivity contribution in [2.24, 2.45) is 0 Å². The quantitative estimate of drug-likeness (QED) is 0.383. The lowest BCUT2D eigenvalue weighted by atomic mass is 10.2. The van der Waals surface area contributed by atoms with E-state index in [0.29, 0.717) is 0 Å². The van der Waals surface area contributed by atoms with Gasteiger partial charge in [-0.05, 0) is 34.6 Å². The molecular weight excluding hydrogens is 340 g/mol. The summed E-state index contributed by atoms with van der Waals surface area (Å²) in [5, 5.41) is 5.70. The Morgan fingerprint density at radius 1 is 0.407 bits per heavy atom. The van der Waals surface area contributed by atoms with Gasteiger partial charge < -0.3 is 0 Å². The van der Waals surface area contributed by atoms with Crippen LogP contribution >= 0.6 is 0 Å². The van der Waals surface area contributed by atoms with Gasteiger partial charge in [0.05, 0.1) is 0 Å². The molecule has 0 aromatic heterocycles. The maximum Gasteiger partial charge on any atom is 0.179 e. The highest BCUT2D eigenvalue weighted by molar-refractivity contribution is 7.19. The van der Waals surface area contributed by atoms with Crippen molar-refractivity contribution < 1.29 is 0 Å². The zero-order valence-electron chi connectivity index (χ0n) is 15.9. The average molecular weight is 365 g/mol. The Labute approximate surface area is 163 Å². The minimum atomic E-state index is -2.35. The van der Waals surface area contributed by atoms with E-state index in [1.807, 2.05) is 0 Å². The minimum Gasteiger partial charge on any atom is -0.0623 e. The van der Waals surface area contributed by atoms with Crippen molar-refractivity contribution in [2.75, 3.05) is 0 Å². The average Bonchev–Trinajstić information content (AvgIpc) is 2.72. The summed E-state index contributed by atoms with van der Waals surface area (Å²) >= 11 is 0. The summed E-state index contributed by atoms with van der Waals surface area (Å²) in [6, 6.07) is 40.4. The van der Waals surface area contributed by atoms with Crippen LogP contribution in [0.5, 0.6) is 0 Å². The Hall–Kier alpha value is -2.90. The van der Waals surface area contributed by atoms with Gasteiger partial charge in [-0.3, -0.25) is 0 Å². The fourth-order valence-corrected chi connectivity index (χ4v) is 8.90. The van der Waals surface area contributed by atoms with Crippen molar-refractivity contribution in [3.63, 3.8) is 0 Å². The van der Waals surface area contributed by atoms with Crippen LogP contribution in [0, 0.1) is 13.8 Å². The summed E-state index contributed by atoms with van der Waals surface area (Å²) in [6.45, 7) is 4.35. The predicted octanol–water partition coefficient (Wildman–Crippen LogP) is 3.68. The normalized spacial score (nSPS) is 11.3. The molecule has 132 valence electrons. The van der Waals surface area contributed by atoms with Gasteiger partial charge in [0.2, 0.25) is 0 Å². The standard InChI is InChI=1S/C26H24Si/c1-21-16-18-25(19-17-21)27(23-11-5-3-6-12-23,24-13-7-4-8-14-24)26-15-9-10-22(2)20-26/h3-20H,1-2H3. The van der Waals surface area contributed by atoms with Gasteiger partial charge in [-0.15, -0.1) is 0 Å². The van der Waals surface area contributed by atoms with Crippen LogP contribution in [0.1, 0.15) is 11.1 Å². The van der Waals surface area contributed by atoms with Gasteiger partial charge in [-0.1, -0.05) is 120 Å². The van der Waals surface area contributed by atoms with Crippen molar-refractivity contribution in [1.82, 2.24) is 0 Å². The molecule has 0 fully saturated rings. The van der Waals surface area contributed by atoms with E-state index in [1.165, 1.54) is 31.9 Å². The van der Waals surface area contributed by atoms with Crippen LogP contribution in [0.3, 0.4) is 0 Å². The number of hydrogen-bond acceptors (Lipinski definition) is 0. The van der Waals surface area contributed by atoms with Gasteiger partial charge in [0.25, 0.3) is 0 Å². The SMILES string of the molecule is Cc1ccc([Si](c2ccccc2)(c2ccccc2)c2cccc(C)c2)cc1. The molecule has 0 nitrogen and oxygen atoms in total. The van der Waals surface area contributed by atoms with E-state index < -0.39 is 8.07 Å². The van der Waals surface area contributed by atoms with Crippen molar-refractivity contribution in [3.8, 4) is 0 Å². The van der Waals surface area contributed by atoms with Gasteiger partial charge in [-0.25, -0.2) is 0 Å². The third-order valence-electron chi connectivity index (χ3n) is 5.35. The Kier molecular flexibility index (Phi) is 4.78. The molecule has 4 aromatic carbocycles. The topological polar surface area (TPSA) is 0 Å². The summed E-state index contributed by atoms with van der Waals surface area (Å²) in [4.78, 5) is 0. The van der Waals surface area contributed by atoms with E-state index >= 15 is 0 Å². The smallest absolute Gasteiger partial charge is 0.0623 e. The van der Waals surface area contributed by atoms with Crippen LogP contribution in [0.4, 0.5) is 0 Å². The van der Waals surface area contributed by atoms with Gasteiger partial charge in [0.15, 0.2) is 8.07 Å². The maximum absolute atomic E-state index is 2.38. The second-order valence-electron chi connectivity index (χ2n) is 7.22. The van der Waals surface area contributed by atoms with Crippen LogP contribution in [-0.4, -0.2) is 8.07 Å². The van der Waals surface area contributed by atoms with Gasteiger partial charge in [0, 0.05) is 0 Å². The molecule has 0 radical (unpaired) electrons. The van der Waals surface area contributed by atoms with E-state index in [2.05, 4.69) is 123 Å². The number of benzene rings is 4. The first-order chi connectivity index (χ1) is 13.2. The molecule has 0 aliphatic rings. The predicted molar refractivity (Wildman–Crippen MR) is 120 cm³/mol. The molecule has 0 atom stereocenters. The Morgan fingerprint density at radius 2 is 0.889 bits per heavy atom. The first-order valence-electron chi connectivity index (χ1n) is 9.46. The first kappa shape index (κ1) is 17.5. The van der Waals surface area contributed by atoms with Crippen molar-refractivity contribution >= 4 is 28.8 Å². The monoisotopic (exact) mass is 364 g/mol. The first-order valence-corrected chi connectivity index (χ1v) is 11.5. The molecule has 0 aliphatic carbocycles. The number of aryl methyl sites for hydroxylation is 2. The van der Waals surface area contributed by atoms with Crippen LogP contribution in [0.25, 0.3) is 0 Å². The van der Waals surface area contributed by atoms with Crippen LogP contribution in [0.15, 0.2) is 109 Å². The Bertz CT molecular complexity index is 979. The molecule has 0 heterocycles. The third kappa shape index (κ3) is 3.15. The van der Waals surface area contributed by atoms with Gasteiger partial charge >= 0.3 is 0 Å². The molecule has 0 aliphatic heterocycles. The summed E-state index contributed by atoms with van der Waals surface area (Å²) in [6.07, 6.45) is 0. The Balaban J connectivity index is 2.13. The highest BCUT2D eigenvalue weighted by Crippen LogP contribution is 2.11. The lowest BCUT2D eigenvalue weighted by Crippen LogP contribution is -2.74. The molecule has 0 saturated heterocycles. The molecule has 0 saturated carbocycles. The maximum atomic E-state index is 2.38. The fourth-order valence-electron chi connectivity index (χ4n) is 4.06. The zero-order valence-corrected chi connectivity index (χ0v) is 16.9. The number of rotatable bonds is 4. The Morgan fingerprint density at radius 3 is 1.41 bits per heavy atom. The molecule has 0 bridgehead atoms. The molecule has 4 aromatic rings. The largest absolute Gasteiger partial charge is 0.179 e. The summed E-state index contributed by atoms with van der Waals surface area (Å²) in [5.41, 5.74) is 2.61. The molecular formula is C26H24Si. The zero-order chi connectivity index (χ0) is 18.7. The van der Waals surface area contributed by atoms with Gasteiger partial charge in [-0.2, -0.15) is 0 Å². The van der Waals surface area contributed by atoms with Crippen LogP contribution in [-0.2, 0) is 0 Å². The lowest BCUT2D eigenvalue weighted by Gasteiger charge is -2.34. The molecule has 0 amide bonds. The number of hydrogen-bond donors (Lipinski definition) is 0. The molecule has 0 unspecified atom stereocenters. The second-order valence-corrected chi connectivity index (χ2v) is 11.0. The van der Waals surface area contributed by atoms with Gasteiger partial charge in [0.1, 0.15) is 0 Å². The molecule has 27 heavy (non-hydrogen) atoms. The van der Waals surface area contributed by atoms with E-state index in [1.54, 1.807) is 0 Å². The highest BCUT2D eigenvalue weighted by atomic mass is 28.3. The third-order valence-corrected chi connectivity index (χ3v) is 10.1. The molecule has 4 rings (SSSR count). The van der Waals surface area contributed by atoms with E-state index in [4.69, 9.17) is 0 Å². The minimum absolute atomic E-state index is 1.30.